The zero-order valence-electron chi connectivity index (χ0n) is 19.5. The molecule has 2 N–H and O–H groups in total. The lowest BCUT2D eigenvalue weighted by Gasteiger charge is -2.35. The number of alkyl halides is 2. The number of nitrogens with zero attached hydrogens (tertiary/aromatic N) is 1. The second kappa shape index (κ2) is 9.17. The highest BCUT2D eigenvalue weighted by Gasteiger charge is 2.38. The quantitative estimate of drug-likeness (QED) is 0.470. The zero-order valence-corrected chi connectivity index (χ0v) is 22.0. The molecule has 1 atom stereocenters. The van der Waals surface area contributed by atoms with E-state index < -0.39 is 26.7 Å². The minimum Gasteiger partial charge on any atom is -0.408 e. The van der Waals surface area contributed by atoms with Crippen LogP contribution < -0.4 is 10.6 Å². The second-order valence-corrected chi connectivity index (χ2v) is 15.4. The monoisotopic (exact) mass is 519 g/mol. The minimum atomic E-state index is -2.90. The maximum atomic E-state index is 14.2. The molecule has 1 aliphatic heterocycles. The molecular weight excluding hydrogens is 491 g/mol. The van der Waals surface area contributed by atoms with Crippen molar-refractivity contribution < 1.29 is 22.8 Å². The molecule has 0 spiro atoms. The van der Waals surface area contributed by atoms with E-state index in [4.69, 9.17) is 27.6 Å². The molecule has 2 amide bonds. The fraction of sp³-hybridized carbons (Fsp3) is 0.545. The van der Waals surface area contributed by atoms with Crippen LogP contribution in [0.5, 0.6) is 0 Å². The lowest BCUT2D eigenvalue weighted by Crippen LogP contribution is -2.42. The summed E-state index contributed by atoms with van der Waals surface area (Å²) in [6.45, 7) is 9.01. The van der Waals surface area contributed by atoms with Crippen LogP contribution in [0.1, 0.15) is 51.4 Å². The normalized spacial score (nSPS) is 17.2. The molecule has 0 saturated heterocycles. The van der Waals surface area contributed by atoms with Gasteiger partial charge >= 0.3 is 6.55 Å². The summed E-state index contributed by atoms with van der Waals surface area (Å²) < 4.78 is 35.2. The molecule has 1 aliphatic rings. The SMILES string of the molecule is C[C@H]1C(=O)NCCc2c1c1c(NC(=O)CO[Si](C)(C)C(C)(C)C)cc(Cl)c(Cl)c1n2C(F)F. The highest BCUT2D eigenvalue weighted by Crippen LogP contribution is 2.46. The van der Waals surface area contributed by atoms with Crippen molar-refractivity contribution in [3.05, 3.63) is 27.4 Å². The van der Waals surface area contributed by atoms with Crippen molar-refractivity contribution in [2.45, 2.75) is 64.7 Å². The number of hydrogen-bond acceptors (Lipinski definition) is 3. The molecule has 0 unspecified atom stereocenters. The molecule has 33 heavy (non-hydrogen) atoms. The smallest absolute Gasteiger partial charge is 0.319 e. The van der Waals surface area contributed by atoms with Gasteiger partial charge in [0.05, 0.1) is 27.2 Å². The summed E-state index contributed by atoms with van der Waals surface area (Å²) in [6.07, 6.45) is 0.195. The van der Waals surface area contributed by atoms with Gasteiger partial charge in [-0.15, -0.1) is 0 Å². The van der Waals surface area contributed by atoms with Gasteiger partial charge in [-0.1, -0.05) is 44.0 Å². The number of hydrogen-bond donors (Lipinski definition) is 2. The van der Waals surface area contributed by atoms with Crippen LogP contribution in [-0.4, -0.2) is 37.9 Å². The highest BCUT2D eigenvalue weighted by molar-refractivity contribution is 6.74. The van der Waals surface area contributed by atoms with Crippen LogP contribution in [0.15, 0.2) is 6.07 Å². The van der Waals surface area contributed by atoms with Gasteiger partial charge in [-0.3, -0.25) is 14.2 Å². The number of nitrogens with one attached hydrogen (secondary N) is 2. The van der Waals surface area contributed by atoms with E-state index in [2.05, 4.69) is 31.4 Å². The first-order valence-electron chi connectivity index (χ1n) is 10.7. The predicted molar refractivity (Wildman–Crippen MR) is 130 cm³/mol. The van der Waals surface area contributed by atoms with E-state index >= 15 is 0 Å². The summed E-state index contributed by atoms with van der Waals surface area (Å²) in [4.78, 5) is 25.3. The van der Waals surface area contributed by atoms with E-state index in [0.717, 1.165) is 4.57 Å². The number of carbonyl (C=O) groups is 2. The van der Waals surface area contributed by atoms with Gasteiger partial charge in [0.15, 0.2) is 8.32 Å². The first-order chi connectivity index (χ1) is 15.2. The molecule has 0 saturated carbocycles. The molecule has 2 heterocycles. The molecule has 0 fully saturated rings. The number of fused-ring (bicyclic) bond motifs is 3. The third-order valence-corrected chi connectivity index (χ3v) is 11.9. The zero-order chi connectivity index (χ0) is 24.9. The first-order valence-corrected chi connectivity index (χ1v) is 14.4. The summed E-state index contributed by atoms with van der Waals surface area (Å²) in [5, 5.41) is 5.68. The van der Waals surface area contributed by atoms with Crippen LogP contribution in [0.2, 0.25) is 28.2 Å². The van der Waals surface area contributed by atoms with Crippen molar-refractivity contribution in [2.75, 3.05) is 18.5 Å². The Labute approximate surface area is 203 Å². The molecule has 3 rings (SSSR count). The summed E-state index contributed by atoms with van der Waals surface area (Å²) in [5.74, 6) is -1.45. The number of carbonyl (C=O) groups excluding carboxylic acids is 2. The summed E-state index contributed by atoms with van der Waals surface area (Å²) in [7, 11) is -2.18. The molecule has 182 valence electrons. The van der Waals surface area contributed by atoms with E-state index in [-0.39, 0.29) is 51.8 Å². The largest absolute Gasteiger partial charge is 0.408 e. The summed E-state index contributed by atoms with van der Waals surface area (Å²) >= 11 is 12.7. The number of amides is 2. The van der Waals surface area contributed by atoms with E-state index in [1.54, 1.807) is 6.92 Å². The third-order valence-electron chi connectivity index (χ3n) is 6.63. The Kier molecular flexibility index (Phi) is 7.20. The van der Waals surface area contributed by atoms with Gasteiger partial charge in [0.1, 0.15) is 6.61 Å². The van der Waals surface area contributed by atoms with Gasteiger partial charge in [-0.05, 0) is 36.7 Å². The molecule has 11 heteroatoms. The highest BCUT2D eigenvalue weighted by atomic mass is 35.5. The van der Waals surface area contributed by atoms with Crippen molar-refractivity contribution in [1.82, 2.24) is 9.88 Å². The van der Waals surface area contributed by atoms with Crippen molar-refractivity contribution in [3.63, 3.8) is 0 Å². The number of anilines is 1. The van der Waals surface area contributed by atoms with Crippen molar-refractivity contribution >= 4 is 59.9 Å². The molecule has 0 bridgehead atoms. The second-order valence-electron chi connectivity index (χ2n) is 9.81. The lowest BCUT2D eigenvalue weighted by atomic mass is 9.96. The Morgan fingerprint density at radius 3 is 2.58 bits per heavy atom. The van der Waals surface area contributed by atoms with Gasteiger partial charge in [0.2, 0.25) is 11.8 Å². The van der Waals surface area contributed by atoms with E-state index in [1.807, 2.05) is 13.1 Å². The maximum Gasteiger partial charge on any atom is 0.319 e. The van der Waals surface area contributed by atoms with E-state index in [1.165, 1.54) is 6.07 Å². The standard InChI is InChI=1S/C22H29Cl2F2N3O3Si/c1-11-16-14(7-8-27-20(11)31)29(21(25)26)19-17(16)13(9-12(23)18(19)24)28-15(30)10-32-33(5,6)22(2,3)4/h9,11,21H,7-8,10H2,1-6H3,(H,27,31)(H,28,30)/t11-/m1/s1. The summed E-state index contributed by atoms with van der Waals surface area (Å²) in [6, 6.07) is 1.43. The van der Waals surface area contributed by atoms with Crippen LogP contribution >= 0.6 is 23.2 Å². The average molecular weight is 520 g/mol. The predicted octanol–water partition coefficient (Wildman–Crippen LogP) is 6.08. The van der Waals surface area contributed by atoms with Crippen LogP contribution in [-0.2, 0) is 20.4 Å². The fourth-order valence-electron chi connectivity index (χ4n) is 3.79. The Morgan fingerprint density at radius 2 is 2.00 bits per heavy atom. The molecular formula is C22H29Cl2F2N3O3Si. The lowest BCUT2D eigenvalue weighted by molar-refractivity contribution is -0.122. The van der Waals surface area contributed by atoms with E-state index in [9.17, 15) is 18.4 Å². The van der Waals surface area contributed by atoms with Crippen LogP contribution in [0.3, 0.4) is 0 Å². The van der Waals surface area contributed by atoms with Crippen LogP contribution in [0.4, 0.5) is 14.5 Å². The number of halogens is 4. The molecule has 1 aromatic carbocycles. The Bertz CT molecular complexity index is 1110. The first kappa shape index (κ1) is 25.9. The number of aromatic nitrogens is 1. The average Bonchev–Trinajstić information content (AvgIpc) is 2.97. The number of rotatable bonds is 5. The molecule has 2 aromatic rings. The van der Waals surface area contributed by atoms with Crippen LogP contribution in [0, 0.1) is 0 Å². The Balaban J connectivity index is 2.13. The topological polar surface area (TPSA) is 72.4 Å². The fourth-order valence-corrected chi connectivity index (χ4v) is 5.16. The van der Waals surface area contributed by atoms with Crippen molar-refractivity contribution in [1.29, 1.82) is 0 Å². The van der Waals surface area contributed by atoms with Gasteiger partial charge < -0.3 is 15.1 Å². The van der Waals surface area contributed by atoms with E-state index in [0.29, 0.717) is 16.6 Å². The molecule has 6 nitrogen and oxygen atoms in total. The molecule has 0 aliphatic carbocycles. The Hall–Kier alpha value is -1.68. The van der Waals surface area contributed by atoms with Gasteiger partial charge in [-0.2, -0.15) is 8.78 Å². The van der Waals surface area contributed by atoms with Gasteiger partial charge in [-0.25, -0.2) is 0 Å². The van der Waals surface area contributed by atoms with Crippen molar-refractivity contribution in [2.24, 2.45) is 0 Å². The van der Waals surface area contributed by atoms with Gasteiger partial charge in [0, 0.05) is 24.0 Å². The number of benzene rings is 1. The molecule has 0 radical (unpaired) electrons. The van der Waals surface area contributed by atoms with Crippen LogP contribution in [0.25, 0.3) is 10.9 Å². The summed E-state index contributed by atoms with van der Waals surface area (Å²) in [5.41, 5.74) is 0.939. The molecule has 1 aromatic heterocycles. The minimum absolute atomic E-state index is 0.00586. The Morgan fingerprint density at radius 1 is 1.36 bits per heavy atom. The van der Waals surface area contributed by atoms with Gasteiger partial charge in [0.25, 0.3) is 0 Å². The maximum absolute atomic E-state index is 14.2. The third kappa shape index (κ3) is 4.78. The van der Waals surface area contributed by atoms with Crippen molar-refractivity contribution in [3.8, 4) is 0 Å².